The van der Waals surface area contributed by atoms with Gasteiger partial charge in [0.05, 0.1) is 17.8 Å². The van der Waals surface area contributed by atoms with Gasteiger partial charge in [0.25, 0.3) is 0 Å². The van der Waals surface area contributed by atoms with E-state index < -0.39 is 47.8 Å². The molecule has 3 aromatic carbocycles. The van der Waals surface area contributed by atoms with Crippen LogP contribution >= 0.6 is 11.8 Å². The van der Waals surface area contributed by atoms with Gasteiger partial charge >= 0.3 is 12.1 Å². The predicted molar refractivity (Wildman–Crippen MR) is 164 cm³/mol. The number of carbonyl (C=O) groups excluding carboxylic acids is 4. The lowest BCUT2D eigenvalue weighted by Gasteiger charge is -2.29. The molecular formula is C32H33N3O8S. The summed E-state index contributed by atoms with van der Waals surface area (Å²) in [6.07, 6.45) is 0.0152. The number of carboxylic acid groups (broad SMARTS) is 1. The van der Waals surface area contributed by atoms with Crippen molar-refractivity contribution < 1.29 is 38.6 Å². The molecule has 12 heteroatoms. The number of hydrogen-bond acceptors (Lipinski definition) is 9. The van der Waals surface area contributed by atoms with Gasteiger partial charge < -0.3 is 30.5 Å². The number of rotatable bonds is 11. The summed E-state index contributed by atoms with van der Waals surface area (Å²) in [7, 11) is 0. The Morgan fingerprint density at radius 2 is 1.64 bits per heavy atom. The SMILES string of the molecule is CC(=O)SC(Cc1ccc(OC(=O)OCc2ccccc2)cc1)C(=O)NCC(=O)N1C(C(=O)O)CCC1c1ccc(N)cc1. The summed E-state index contributed by atoms with van der Waals surface area (Å²) in [5, 5.41) is 11.2. The lowest BCUT2D eigenvalue weighted by atomic mass is 10.0. The molecule has 3 atom stereocenters. The van der Waals surface area contributed by atoms with Gasteiger partial charge in [0, 0.05) is 12.6 Å². The number of likely N-dealkylation sites (tertiary alicyclic amines) is 1. The van der Waals surface area contributed by atoms with Gasteiger partial charge in [-0.25, -0.2) is 9.59 Å². The Balaban J connectivity index is 1.35. The van der Waals surface area contributed by atoms with Crippen LogP contribution in [0, 0.1) is 0 Å². The van der Waals surface area contributed by atoms with Crippen molar-refractivity contribution >= 4 is 46.5 Å². The average Bonchev–Trinajstić information content (AvgIpc) is 3.46. The van der Waals surface area contributed by atoms with Crippen LogP contribution in [0.25, 0.3) is 0 Å². The average molecular weight is 620 g/mol. The Morgan fingerprint density at radius 1 is 0.955 bits per heavy atom. The van der Waals surface area contributed by atoms with E-state index in [2.05, 4.69) is 5.32 Å². The van der Waals surface area contributed by atoms with Gasteiger partial charge in [-0.05, 0) is 60.2 Å². The highest BCUT2D eigenvalue weighted by atomic mass is 32.2. The van der Waals surface area contributed by atoms with E-state index in [1.165, 1.54) is 11.8 Å². The molecule has 4 rings (SSSR count). The minimum atomic E-state index is -1.12. The molecule has 1 aliphatic rings. The number of thioether (sulfide) groups is 1. The first kappa shape index (κ1) is 32.1. The van der Waals surface area contributed by atoms with Crippen LogP contribution in [-0.2, 0) is 36.9 Å². The van der Waals surface area contributed by atoms with Crippen LogP contribution in [0.2, 0.25) is 0 Å². The number of amides is 2. The molecular weight excluding hydrogens is 586 g/mol. The Kier molecular flexibility index (Phi) is 11.0. The molecule has 11 nitrogen and oxygen atoms in total. The quantitative estimate of drug-likeness (QED) is 0.162. The van der Waals surface area contributed by atoms with Crippen LogP contribution < -0.4 is 15.8 Å². The summed E-state index contributed by atoms with van der Waals surface area (Å²) in [6.45, 7) is 0.976. The largest absolute Gasteiger partial charge is 0.514 e. The van der Waals surface area contributed by atoms with Crippen LogP contribution in [-0.4, -0.2) is 56.9 Å². The molecule has 1 heterocycles. The van der Waals surface area contributed by atoms with E-state index in [9.17, 15) is 29.1 Å². The van der Waals surface area contributed by atoms with Gasteiger partial charge in [-0.2, -0.15) is 0 Å². The highest BCUT2D eigenvalue weighted by Crippen LogP contribution is 2.36. The van der Waals surface area contributed by atoms with Crippen molar-refractivity contribution in [1.29, 1.82) is 0 Å². The molecule has 230 valence electrons. The third kappa shape index (κ3) is 8.83. The fourth-order valence-corrected chi connectivity index (χ4v) is 5.82. The smallest absolute Gasteiger partial charge is 0.480 e. The van der Waals surface area contributed by atoms with Crippen LogP contribution in [0.15, 0.2) is 78.9 Å². The molecule has 1 saturated heterocycles. The van der Waals surface area contributed by atoms with Gasteiger partial charge in [0.15, 0.2) is 5.12 Å². The second kappa shape index (κ2) is 15.1. The van der Waals surface area contributed by atoms with E-state index in [0.29, 0.717) is 17.7 Å². The molecule has 44 heavy (non-hydrogen) atoms. The number of aliphatic carboxylic acids is 1. The van der Waals surface area contributed by atoms with Crippen molar-refractivity contribution in [2.24, 2.45) is 0 Å². The Morgan fingerprint density at radius 3 is 2.27 bits per heavy atom. The van der Waals surface area contributed by atoms with Crippen LogP contribution in [0.5, 0.6) is 5.75 Å². The van der Waals surface area contributed by atoms with Crippen LogP contribution in [0.1, 0.15) is 42.5 Å². The minimum absolute atomic E-state index is 0.0656. The van der Waals surface area contributed by atoms with Gasteiger partial charge in [-0.3, -0.25) is 14.4 Å². The second-order valence-corrected chi connectivity index (χ2v) is 11.6. The molecule has 1 fully saturated rings. The first-order valence-electron chi connectivity index (χ1n) is 13.9. The van der Waals surface area contributed by atoms with Crippen LogP contribution in [0.3, 0.4) is 0 Å². The van der Waals surface area contributed by atoms with Crippen molar-refractivity contribution in [1.82, 2.24) is 10.2 Å². The number of anilines is 1. The zero-order chi connectivity index (χ0) is 31.6. The number of nitrogens with two attached hydrogens (primary N) is 1. The number of nitrogens with zero attached hydrogens (tertiary/aromatic N) is 1. The maximum atomic E-state index is 13.3. The maximum absolute atomic E-state index is 13.3. The summed E-state index contributed by atoms with van der Waals surface area (Å²) in [4.78, 5) is 63.6. The van der Waals surface area contributed by atoms with Crippen molar-refractivity contribution in [2.45, 2.75) is 50.1 Å². The lowest BCUT2D eigenvalue weighted by molar-refractivity contribution is -0.149. The summed E-state index contributed by atoms with van der Waals surface area (Å²) in [6, 6.07) is 21.0. The zero-order valence-corrected chi connectivity index (χ0v) is 24.8. The highest BCUT2D eigenvalue weighted by molar-refractivity contribution is 8.14. The number of ether oxygens (including phenoxy) is 2. The number of nitrogens with one attached hydrogen (secondary N) is 1. The number of carboxylic acids is 1. The van der Waals surface area contributed by atoms with E-state index in [1.54, 1.807) is 48.5 Å². The summed E-state index contributed by atoms with van der Waals surface area (Å²) < 4.78 is 10.3. The number of carbonyl (C=O) groups is 5. The topological polar surface area (TPSA) is 165 Å². The predicted octanol–water partition coefficient (Wildman–Crippen LogP) is 4.11. The van der Waals surface area contributed by atoms with Gasteiger partial charge in [-0.1, -0.05) is 66.4 Å². The normalized spacial score (nSPS) is 16.5. The molecule has 0 bridgehead atoms. The maximum Gasteiger partial charge on any atom is 0.514 e. The molecule has 0 aromatic heterocycles. The molecule has 3 unspecified atom stereocenters. The number of hydrogen-bond donors (Lipinski definition) is 3. The number of benzene rings is 3. The lowest BCUT2D eigenvalue weighted by Crippen LogP contribution is -2.47. The van der Waals surface area contributed by atoms with Crippen LogP contribution in [0.4, 0.5) is 10.5 Å². The van der Waals surface area contributed by atoms with Crippen molar-refractivity contribution in [3.63, 3.8) is 0 Å². The molecule has 0 aliphatic carbocycles. The fourth-order valence-electron chi connectivity index (χ4n) is 4.95. The van der Waals surface area contributed by atoms with E-state index >= 15 is 0 Å². The van der Waals surface area contributed by atoms with Crippen molar-refractivity contribution in [3.8, 4) is 5.75 Å². The molecule has 2 amide bonds. The van der Waals surface area contributed by atoms with Gasteiger partial charge in [0.1, 0.15) is 18.4 Å². The minimum Gasteiger partial charge on any atom is -0.480 e. The fraction of sp³-hybridized carbons (Fsp3) is 0.281. The Hall–Kier alpha value is -4.84. The van der Waals surface area contributed by atoms with E-state index in [4.69, 9.17) is 15.2 Å². The van der Waals surface area contributed by atoms with Crippen molar-refractivity contribution in [3.05, 3.63) is 95.6 Å². The van der Waals surface area contributed by atoms with Gasteiger partial charge in [-0.15, -0.1) is 0 Å². The molecule has 0 radical (unpaired) electrons. The standard InChI is InChI=1S/C32H33N3O8S/c1-20(36)44-28(17-21-7-13-25(14-8-21)43-32(41)42-19-22-5-3-2-4-6-22)30(38)34-18-29(37)35-26(15-16-27(35)31(39)40)23-9-11-24(33)12-10-23/h2-14,26-28H,15-19,33H2,1H3,(H,34,38)(H,39,40). The Bertz CT molecular complexity index is 1480. The van der Waals surface area contributed by atoms with Crippen molar-refractivity contribution in [2.75, 3.05) is 12.3 Å². The first-order chi connectivity index (χ1) is 21.1. The third-order valence-corrected chi connectivity index (χ3v) is 8.04. The van der Waals surface area contributed by atoms with E-state index in [1.807, 2.05) is 30.3 Å². The zero-order valence-electron chi connectivity index (χ0n) is 24.0. The highest BCUT2D eigenvalue weighted by Gasteiger charge is 2.41. The molecule has 0 saturated carbocycles. The molecule has 0 spiro atoms. The first-order valence-corrected chi connectivity index (χ1v) is 14.8. The summed E-state index contributed by atoms with van der Waals surface area (Å²) in [5.74, 6) is -1.97. The van der Waals surface area contributed by atoms with E-state index in [-0.39, 0.29) is 30.3 Å². The monoisotopic (exact) mass is 619 g/mol. The number of nitrogen functional groups attached to an aromatic ring is 1. The summed E-state index contributed by atoms with van der Waals surface area (Å²) in [5.41, 5.74) is 8.58. The van der Waals surface area contributed by atoms with Gasteiger partial charge in [0.2, 0.25) is 11.8 Å². The van der Waals surface area contributed by atoms with E-state index in [0.717, 1.165) is 22.9 Å². The molecule has 3 aromatic rings. The third-order valence-electron chi connectivity index (χ3n) is 7.04. The molecule has 1 aliphatic heterocycles. The molecule has 4 N–H and O–H groups in total. The summed E-state index contributed by atoms with van der Waals surface area (Å²) >= 11 is 0.823. The Labute approximate surface area is 258 Å². The second-order valence-electron chi connectivity index (χ2n) is 10.2.